The maximum absolute atomic E-state index is 10.9. The van der Waals surface area contributed by atoms with Crippen molar-refractivity contribution in [3.8, 4) is 28.3 Å². The van der Waals surface area contributed by atoms with E-state index in [1.54, 1.807) is 18.6 Å². The van der Waals surface area contributed by atoms with Gasteiger partial charge in [0.2, 0.25) is 5.95 Å². The van der Waals surface area contributed by atoms with Crippen LogP contribution >= 0.6 is 0 Å². The zero-order valence-corrected chi connectivity index (χ0v) is 13.4. The van der Waals surface area contributed by atoms with Gasteiger partial charge in [0.25, 0.3) is 0 Å². The lowest BCUT2D eigenvalue weighted by molar-refractivity contribution is 0.0690. The van der Waals surface area contributed by atoms with Crippen LogP contribution in [0.3, 0.4) is 0 Å². The quantitative estimate of drug-likeness (QED) is 0.513. The molecule has 3 aromatic heterocycles. The number of nitrogens with one attached hydrogen (secondary N) is 1. The van der Waals surface area contributed by atoms with Gasteiger partial charge in [0.15, 0.2) is 0 Å². The van der Waals surface area contributed by atoms with Crippen molar-refractivity contribution in [3.63, 3.8) is 0 Å². The predicted octanol–water partition coefficient (Wildman–Crippen LogP) is 2.00. The van der Waals surface area contributed by atoms with Gasteiger partial charge in [-0.25, -0.2) is 19.7 Å². The number of hydrogen-bond acceptors (Lipinski definition) is 6. The minimum absolute atomic E-state index is 0.0457. The van der Waals surface area contributed by atoms with Crippen molar-refractivity contribution in [1.82, 2.24) is 29.7 Å². The Hall–Kier alpha value is -4.01. The summed E-state index contributed by atoms with van der Waals surface area (Å²) in [5, 5.41) is 15.5. The van der Waals surface area contributed by atoms with Gasteiger partial charge in [-0.2, -0.15) is 5.10 Å². The molecule has 0 bridgehead atoms. The molecule has 0 radical (unpaired) electrons. The number of carboxylic acid groups (broad SMARTS) is 1. The third-order valence-corrected chi connectivity index (χ3v) is 3.82. The number of H-pyrrole nitrogens is 1. The number of anilines is 1. The number of imidazole rings is 1. The Labute approximate surface area is 147 Å². The second-order valence-electron chi connectivity index (χ2n) is 5.47. The fourth-order valence-corrected chi connectivity index (χ4v) is 2.55. The smallest absolute Gasteiger partial charge is 0.353 e. The third kappa shape index (κ3) is 2.77. The summed E-state index contributed by atoms with van der Waals surface area (Å²) < 4.78 is 1.89. The van der Waals surface area contributed by atoms with Crippen LogP contribution < -0.4 is 5.73 Å². The van der Waals surface area contributed by atoms with Crippen molar-refractivity contribution in [1.29, 1.82) is 0 Å². The van der Waals surface area contributed by atoms with Crippen molar-refractivity contribution >= 4 is 11.9 Å². The SMILES string of the molecule is Nc1ncc(-c2nccn2-c2ccc(-c3cc(C(=O)O)[nH]n3)cc2)cn1. The highest BCUT2D eigenvalue weighted by molar-refractivity contribution is 5.86. The van der Waals surface area contributed by atoms with Crippen LogP contribution in [0.5, 0.6) is 0 Å². The van der Waals surface area contributed by atoms with Crippen LogP contribution in [-0.4, -0.2) is 40.8 Å². The summed E-state index contributed by atoms with van der Waals surface area (Å²) in [6, 6.07) is 9.01. The first-order valence-electron chi connectivity index (χ1n) is 7.62. The van der Waals surface area contributed by atoms with E-state index in [1.165, 1.54) is 6.07 Å². The molecule has 0 saturated carbocycles. The molecule has 26 heavy (non-hydrogen) atoms. The van der Waals surface area contributed by atoms with Crippen LogP contribution in [0.2, 0.25) is 0 Å². The Morgan fingerprint density at radius 2 is 1.81 bits per heavy atom. The third-order valence-electron chi connectivity index (χ3n) is 3.82. The molecule has 0 aliphatic carbocycles. The number of nitrogen functional groups attached to an aromatic ring is 1. The summed E-state index contributed by atoms with van der Waals surface area (Å²) in [6.45, 7) is 0. The van der Waals surface area contributed by atoms with Crippen molar-refractivity contribution in [2.75, 3.05) is 5.73 Å². The summed E-state index contributed by atoms with van der Waals surface area (Å²) in [4.78, 5) is 23.3. The minimum atomic E-state index is -1.05. The van der Waals surface area contributed by atoms with Crippen LogP contribution in [0.25, 0.3) is 28.3 Å². The number of aromatic carboxylic acids is 1. The molecule has 0 atom stereocenters. The number of nitrogens with two attached hydrogens (primary N) is 1. The second kappa shape index (κ2) is 6.13. The van der Waals surface area contributed by atoms with Crippen LogP contribution in [-0.2, 0) is 0 Å². The van der Waals surface area contributed by atoms with Gasteiger partial charge in [0, 0.05) is 36.0 Å². The Morgan fingerprint density at radius 1 is 1.08 bits per heavy atom. The van der Waals surface area contributed by atoms with Gasteiger partial charge in [-0.15, -0.1) is 0 Å². The number of benzene rings is 1. The van der Waals surface area contributed by atoms with E-state index in [0.717, 1.165) is 16.8 Å². The van der Waals surface area contributed by atoms with Gasteiger partial charge < -0.3 is 10.8 Å². The average Bonchev–Trinajstić information content (AvgIpc) is 3.32. The molecule has 0 amide bonds. The van der Waals surface area contributed by atoms with Crippen molar-refractivity contribution < 1.29 is 9.90 Å². The van der Waals surface area contributed by atoms with E-state index in [9.17, 15) is 4.79 Å². The molecule has 0 aliphatic rings. The van der Waals surface area contributed by atoms with E-state index in [4.69, 9.17) is 10.8 Å². The number of aromatic nitrogens is 6. The molecule has 0 fully saturated rings. The molecule has 3 heterocycles. The van der Waals surface area contributed by atoms with Gasteiger partial charge in [-0.3, -0.25) is 9.67 Å². The molecular weight excluding hydrogens is 334 g/mol. The molecule has 0 saturated heterocycles. The molecule has 0 aliphatic heterocycles. The molecule has 4 aromatic rings. The Morgan fingerprint density at radius 3 is 2.46 bits per heavy atom. The lowest BCUT2D eigenvalue weighted by Gasteiger charge is -2.08. The molecule has 4 rings (SSSR count). The second-order valence-corrected chi connectivity index (χ2v) is 5.47. The maximum Gasteiger partial charge on any atom is 0.353 e. The van der Waals surface area contributed by atoms with E-state index < -0.39 is 5.97 Å². The van der Waals surface area contributed by atoms with Crippen molar-refractivity contribution in [2.24, 2.45) is 0 Å². The lowest BCUT2D eigenvalue weighted by Crippen LogP contribution is -1.99. The molecule has 9 heteroatoms. The van der Waals surface area contributed by atoms with Crippen molar-refractivity contribution in [2.45, 2.75) is 0 Å². The molecule has 128 valence electrons. The molecule has 0 spiro atoms. The summed E-state index contributed by atoms with van der Waals surface area (Å²) in [5.41, 5.74) is 8.56. The Bertz CT molecular complexity index is 1070. The molecule has 4 N–H and O–H groups in total. The fraction of sp³-hybridized carbons (Fsp3) is 0. The predicted molar refractivity (Wildman–Crippen MR) is 93.5 cm³/mol. The topological polar surface area (TPSA) is 136 Å². The number of carbonyl (C=O) groups is 1. The monoisotopic (exact) mass is 347 g/mol. The van der Waals surface area contributed by atoms with E-state index in [-0.39, 0.29) is 11.6 Å². The first kappa shape index (κ1) is 15.5. The molecule has 1 aromatic carbocycles. The molecule has 0 unspecified atom stereocenters. The number of carboxylic acids is 1. The van der Waals surface area contributed by atoms with Crippen LogP contribution in [0.4, 0.5) is 5.95 Å². The highest BCUT2D eigenvalue weighted by atomic mass is 16.4. The van der Waals surface area contributed by atoms with Gasteiger partial charge >= 0.3 is 5.97 Å². The zero-order chi connectivity index (χ0) is 18.1. The number of hydrogen-bond donors (Lipinski definition) is 3. The standard InChI is InChI=1S/C17H13N7O2/c18-17-20-8-11(9-21-17)15-19-5-6-24(15)12-3-1-10(2-4-12)13-7-14(16(25)26)23-22-13/h1-9H,(H,22,23)(H,25,26)(H2,18,20,21). The normalized spacial score (nSPS) is 10.8. The summed E-state index contributed by atoms with van der Waals surface area (Å²) >= 11 is 0. The summed E-state index contributed by atoms with van der Waals surface area (Å²) in [6.07, 6.45) is 6.75. The zero-order valence-electron chi connectivity index (χ0n) is 13.4. The summed E-state index contributed by atoms with van der Waals surface area (Å²) in [5.74, 6) is -0.157. The fourth-order valence-electron chi connectivity index (χ4n) is 2.55. The highest BCUT2D eigenvalue weighted by Gasteiger charge is 2.11. The van der Waals surface area contributed by atoms with Crippen LogP contribution in [0, 0.1) is 0 Å². The number of rotatable bonds is 4. The Kier molecular flexibility index (Phi) is 3.66. The Balaban J connectivity index is 1.66. The van der Waals surface area contributed by atoms with E-state index in [0.29, 0.717) is 11.5 Å². The van der Waals surface area contributed by atoms with E-state index in [2.05, 4.69) is 25.1 Å². The van der Waals surface area contributed by atoms with E-state index in [1.807, 2.05) is 35.0 Å². The minimum Gasteiger partial charge on any atom is -0.477 e. The maximum atomic E-state index is 10.9. The summed E-state index contributed by atoms with van der Waals surface area (Å²) in [7, 11) is 0. The number of aromatic amines is 1. The van der Waals surface area contributed by atoms with Gasteiger partial charge in [-0.05, 0) is 18.2 Å². The average molecular weight is 347 g/mol. The van der Waals surface area contributed by atoms with E-state index >= 15 is 0 Å². The van der Waals surface area contributed by atoms with Gasteiger partial charge in [-0.1, -0.05) is 12.1 Å². The molecular formula is C17H13N7O2. The van der Waals surface area contributed by atoms with Crippen LogP contribution in [0.1, 0.15) is 10.5 Å². The first-order valence-corrected chi connectivity index (χ1v) is 7.62. The van der Waals surface area contributed by atoms with Crippen molar-refractivity contribution in [3.05, 3.63) is 60.8 Å². The van der Waals surface area contributed by atoms with Gasteiger partial charge in [0.05, 0.1) is 11.3 Å². The first-order chi connectivity index (χ1) is 12.6. The largest absolute Gasteiger partial charge is 0.477 e. The lowest BCUT2D eigenvalue weighted by atomic mass is 10.1. The molecule has 9 nitrogen and oxygen atoms in total. The van der Waals surface area contributed by atoms with Gasteiger partial charge in [0.1, 0.15) is 11.5 Å². The highest BCUT2D eigenvalue weighted by Crippen LogP contribution is 2.23. The number of nitrogens with zero attached hydrogens (tertiary/aromatic N) is 5. The van der Waals surface area contributed by atoms with Crippen LogP contribution in [0.15, 0.2) is 55.1 Å².